The van der Waals surface area contributed by atoms with Gasteiger partial charge in [-0.25, -0.2) is 13.2 Å². The molecule has 0 saturated heterocycles. The normalized spacial score (nSPS) is 11.8. The first-order chi connectivity index (χ1) is 19.1. The summed E-state index contributed by atoms with van der Waals surface area (Å²) in [5, 5.41) is 0.171. The standard InChI is InChI=1S/C30H26ClNO7S/c1-19-14-15-22(40(35,36)32-25-17-24(31)26(37-2)18-27(25)38-3)16-23(19)30(34)39-29(21-12-8-5-9-13-21)28(33)20-10-6-4-7-11-20/h4-18,29,32H,1-3H3/t29-/m1/s1. The van der Waals surface area contributed by atoms with E-state index in [1.54, 1.807) is 67.6 Å². The van der Waals surface area contributed by atoms with Gasteiger partial charge in [0.2, 0.25) is 5.78 Å². The summed E-state index contributed by atoms with van der Waals surface area (Å²) < 4.78 is 45.2. The van der Waals surface area contributed by atoms with Crippen LogP contribution in [0.1, 0.15) is 37.9 Å². The average molecular weight is 580 g/mol. The van der Waals surface area contributed by atoms with Crippen molar-refractivity contribution in [1.29, 1.82) is 0 Å². The molecule has 0 radical (unpaired) electrons. The molecule has 8 nitrogen and oxygen atoms in total. The smallest absolute Gasteiger partial charge is 0.339 e. The minimum atomic E-state index is -4.20. The first kappa shape index (κ1) is 28.7. The number of esters is 1. The first-order valence-corrected chi connectivity index (χ1v) is 13.9. The molecule has 0 saturated carbocycles. The van der Waals surface area contributed by atoms with E-state index in [1.807, 2.05) is 0 Å². The maximum Gasteiger partial charge on any atom is 0.339 e. The Morgan fingerprint density at radius 3 is 2.08 bits per heavy atom. The number of rotatable bonds is 10. The van der Waals surface area contributed by atoms with Crippen LogP contribution in [0.2, 0.25) is 5.02 Å². The Hall–Kier alpha value is -4.34. The van der Waals surface area contributed by atoms with Crippen molar-refractivity contribution in [2.75, 3.05) is 18.9 Å². The van der Waals surface area contributed by atoms with Crippen LogP contribution in [0.25, 0.3) is 0 Å². The molecule has 0 fully saturated rings. The zero-order chi connectivity index (χ0) is 28.9. The largest absolute Gasteiger partial charge is 0.495 e. The van der Waals surface area contributed by atoms with E-state index in [1.165, 1.54) is 44.6 Å². The summed E-state index contributed by atoms with van der Waals surface area (Å²) in [5.74, 6) is -0.772. The highest BCUT2D eigenvalue weighted by molar-refractivity contribution is 7.92. The van der Waals surface area contributed by atoms with Gasteiger partial charge >= 0.3 is 5.97 Å². The SMILES string of the molecule is COc1cc(OC)c(NS(=O)(=O)c2ccc(C)c(C(=O)O[C@@H](C(=O)c3ccccc3)c3ccccc3)c2)cc1Cl. The molecular formula is C30H26ClNO7S. The van der Waals surface area contributed by atoms with Crippen LogP contribution >= 0.6 is 11.6 Å². The van der Waals surface area contributed by atoms with Crippen molar-refractivity contribution >= 4 is 39.1 Å². The van der Waals surface area contributed by atoms with Gasteiger partial charge < -0.3 is 14.2 Å². The van der Waals surface area contributed by atoms with E-state index in [2.05, 4.69) is 4.72 Å². The van der Waals surface area contributed by atoms with Crippen LogP contribution in [-0.4, -0.2) is 34.4 Å². The predicted molar refractivity (Wildman–Crippen MR) is 152 cm³/mol. The van der Waals surface area contributed by atoms with Gasteiger partial charge in [-0.3, -0.25) is 9.52 Å². The third-order valence-corrected chi connectivity index (χ3v) is 7.74. The molecule has 1 atom stereocenters. The molecule has 206 valence electrons. The van der Waals surface area contributed by atoms with Crippen molar-refractivity contribution in [2.45, 2.75) is 17.9 Å². The summed E-state index contributed by atoms with van der Waals surface area (Å²) in [7, 11) is -1.40. The number of hydrogen-bond acceptors (Lipinski definition) is 7. The van der Waals surface area contributed by atoms with E-state index >= 15 is 0 Å². The highest BCUT2D eigenvalue weighted by Gasteiger charge is 2.28. The number of carbonyl (C=O) groups excluding carboxylic acids is 2. The van der Waals surface area contributed by atoms with E-state index in [-0.39, 0.29) is 26.9 Å². The lowest BCUT2D eigenvalue weighted by Crippen LogP contribution is -2.21. The quantitative estimate of drug-likeness (QED) is 0.175. The topological polar surface area (TPSA) is 108 Å². The summed E-state index contributed by atoms with van der Waals surface area (Å²) in [6.07, 6.45) is -1.24. The van der Waals surface area contributed by atoms with Gasteiger partial charge in [0.25, 0.3) is 10.0 Å². The highest BCUT2D eigenvalue weighted by atomic mass is 35.5. The Labute approximate surface area is 237 Å². The Morgan fingerprint density at radius 1 is 0.825 bits per heavy atom. The Bertz CT molecular complexity index is 1640. The van der Waals surface area contributed by atoms with Gasteiger partial charge in [-0.2, -0.15) is 0 Å². The Balaban J connectivity index is 1.66. The molecule has 4 aromatic carbocycles. The van der Waals surface area contributed by atoms with E-state index in [4.69, 9.17) is 25.8 Å². The van der Waals surface area contributed by atoms with Gasteiger partial charge in [0, 0.05) is 17.2 Å². The fourth-order valence-corrected chi connectivity index (χ4v) is 5.28. The number of ether oxygens (including phenoxy) is 3. The molecule has 0 aromatic heterocycles. The van der Waals surface area contributed by atoms with Crippen molar-refractivity contribution in [3.63, 3.8) is 0 Å². The highest BCUT2D eigenvalue weighted by Crippen LogP contribution is 2.37. The minimum Gasteiger partial charge on any atom is -0.495 e. The third kappa shape index (κ3) is 6.27. The summed E-state index contributed by atoms with van der Waals surface area (Å²) in [6.45, 7) is 1.64. The number of carbonyl (C=O) groups is 2. The second-order valence-electron chi connectivity index (χ2n) is 8.70. The molecule has 0 amide bonds. The molecular weight excluding hydrogens is 554 g/mol. The fourth-order valence-electron chi connectivity index (χ4n) is 3.96. The van der Waals surface area contributed by atoms with Crippen LogP contribution < -0.4 is 14.2 Å². The maximum absolute atomic E-state index is 13.4. The first-order valence-electron chi connectivity index (χ1n) is 12.0. The zero-order valence-corrected chi connectivity index (χ0v) is 23.5. The molecule has 4 rings (SSSR count). The van der Waals surface area contributed by atoms with Gasteiger partial charge in [0.05, 0.1) is 35.4 Å². The molecule has 4 aromatic rings. The number of ketones is 1. The van der Waals surface area contributed by atoms with Crippen LogP contribution in [0.5, 0.6) is 11.5 Å². The predicted octanol–water partition coefficient (Wildman–Crippen LogP) is 6.25. The summed E-state index contributed by atoms with van der Waals surface area (Å²) in [4.78, 5) is 26.5. The van der Waals surface area contributed by atoms with Crippen LogP contribution in [0.3, 0.4) is 0 Å². The van der Waals surface area contributed by atoms with Crippen LogP contribution in [0.15, 0.2) is 95.9 Å². The average Bonchev–Trinajstić information content (AvgIpc) is 2.96. The molecule has 0 spiro atoms. The minimum absolute atomic E-state index is 0.00982. The van der Waals surface area contributed by atoms with Gasteiger partial charge in [-0.1, -0.05) is 78.3 Å². The van der Waals surface area contributed by atoms with Crippen LogP contribution in [0.4, 0.5) is 5.69 Å². The van der Waals surface area contributed by atoms with E-state index < -0.39 is 27.9 Å². The number of sulfonamides is 1. The lowest BCUT2D eigenvalue weighted by atomic mass is 9.99. The van der Waals surface area contributed by atoms with E-state index in [0.29, 0.717) is 22.4 Å². The van der Waals surface area contributed by atoms with Crippen molar-refractivity contribution in [1.82, 2.24) is 0 Å². The number of hydrogen-bond donors (Lipinski definition) is 1. The van der Waals surface area contributed by atoms with Crippen LogP contribution in [0, 0.1) is 6.92 Å². The zero-order valence-electron chi connectivity index (χ0n) is 21.9. The summed E-state index contributed by atoms with van der Waals surface area (Å²) >= 11 is 6.19. The molecule has 10 heteroatoms. The van der Waals surface area contributed by atoms with Gasteiger partial charge in [-0.05, 0) is 30.7 Å². The van der Waals surface area contributed by atoms with Crippen molar-refractivity contribution in [3.05, 3.63) is 118 Å². The lowest BCUT2D eigenvalue weighted by molar-refractivity contribution is 0.0279. The number of benzene rings is 4. The molecule has 0 bridgehead atoms. The number of methoxy groups -OCH3 is 2. The summed E-state index contributed by atoms with van der Waals surface area (Å²) in [6, 6.07) is 24.0. The molecule has 1 N–H and O–H groups in total. The van der Waals surface area contributed by atoms with Crippen LogP contribution in [-0.2, 0) is 14.8 Å². The molecule has 0 aliphatic carbocycles. The fraction of sp³-hybridized carbons (Fsp3) is 0.133. The number of halogens is 1. The molecule has 0 heterocycles. The lowest BCUT2D eigenvalue weighted by Gasteiger charge is -2.19. The van der Waals surface area contributed by atoms with Crippen molar-refractivity contribution in [3.8, 4) is 11.5 Å². The monoisotopic (exact) mass is 579 g/mol. The second kappa shape index (κ2) is 12.2. The number of aryl methyl sites for hydroxylation is 1. The molecule has 0 unspecified atom stereocenters. The third-order valence-electron chi connectivity index (χ3n) is 6.08. The van der Waals surface area contributed by atoms with Gasteiger partial charge in [0.1, 0.15) is 11.5 Å². The van der Waals surface area contributed by atoms with E-state index in [0.717, 1.165) is 0 Å². The van der Waals surface area contributed by atoms with Crippen molar-refractivity contribution in [2.24, 2.45) is 0 Å². The summed E-state index contributed by atoms with van der Waals surface area (Å²) in [5.41, 5.74) is 1.39. The number of Topliss-reactive ketones (excluding diaryl/α,β-unsaturated/α-hetero) is 1. The number of anilines is 1. The Morgan fingerprint density at radius 2 is 1.45 bits per heavy atom. The van der Waals surface area contributed by atoms with Gasteiger partial charge in [0.15, 0.2) is 6.10 Å². The number of nitrogens with one attached hydrogen (secondary N) is 1. The van der Waals surface area contributed by atoms with E-state index in [9.17, 15) is 18.0 Å². The molecule has 40 heavy (non-hydrogen) atoms. The molecule has 0 aliphatic rings. The van der Waals surface area contributed by atoms with Crippen molar-refractivity contribution < 1.29 is 32.2 Å². The molecule has 0 aliphatic heterocycles. The van der Waals surface area contributed by atoms with Gasteiger partial charge in [-0.15, -0.1) is 0 Å². The second-order valence-corrected chi connectivity index (χ2v) is 10.8. The maximum atomic E-state index is 13.4. The Kier molecular flexibility index (Phi) is 8.77.